The highest BCUT2D eigenvalue weighted by atomic mass is 19.4. The third-order valence-electron chi connectivity index (χ3n) is 4.88. The van der Waals surface area contributed by atoms with Crippen molar-refractivity contribution in [2.75, 3.05) is 0 Å². The smallest absolute Gasteiger partial charge is 0.475 e. The van der Waals surface area contributed by atoms with Crippen LogP contribution >= 0.6 is 0 Å². The van der Waals surface area contributed by atoms with Crippen molar-refractivity contribution in [3.63, 3.8) is 0 Å². The van der Waals surface area contributed by atoms with Gasteiger partial charge in [0.05, 0.1) is 17.3 Å². The number of halogens is 6. The fraction of sp³-hybridized carbons (Fsp3) is 0.304. The lowest BCUT2D eigenvalue weighted by atomic mass is 9.98. The maximum atomic E-state index is 13.1. The van der Waals surface area contributed by atoms with Crippen LogP contribution in [0.4, 0.5) is 26.3 Å². The van der Waals surface area contributed by atoms with E-state index in [2.05, 4.69) is 20.3 Å². The number of amides is 1. The van der Waals surface area contributed by atoms with Crippen LogP contribution < -0.4 is 5.32 Å². The van der Waals surface area contributed by atoms with Crippen LogP contribution in [-0.4, -0.2) is 38.1 Å². The third-order valence-corrected chi connectivity index (χ3v) is 4.88. The van der Waals surface area contributed by atoms with Gasteiger partial charge in [0.15, 0.2) is 0 Å². The van der Waals surface area contributed by atoms with Crippen LogP contribution in [0.5, 0.6) is 0 Å². The van der Waals surface area contributed by atoms with Crippen molar-refractivity contribution in [3.8, 4) is 0 Å². The molecule has 0 aliphatic heterocycles. The molecule has 0 aliphatic rings. The molecule has 3 aromatic rings. The summed E-state index contributed by atoms with van der Waals surface area (Å²) in [6.07, 6.45) is -5.89. The van der Waals surface area contributed by atoms with E-state index in [0.717, 1.165) is 23.5 Å². The van der Waals surface area contributed by atoms with Gasteiger partial charge in [0.2, 0.25) is 5.91 Å². The van der Waals surface area contributed by atoms with Gasteiger partial charge >= 0.3 is 18.3 Å². The number of hydrogen-bond donors (Lipinski definition) is 3. The third kappa shape index (κ3) is 8.40. The van der Waals surface area contributed by atoms with Crippen molar-refractivity contribution in [2.45, 2.75) is 45.1 Å². The number of aromatic nitrogens is 3. The first-order chi connectivity index (χ1) is 16.7. The number of nitrogens with zero attached hydrogens (tertiary/aromatic N) is 2. The van der Waals surface area contributed by atoms with Gasteiger partial charge in [0.25, 0.3) is 0 Å². The zero-order valence-corrected chi connectivity index (χ0v) is 19.0. The number of imidazole rings is 1. The Hall–Kier alpha value is -3.90. The van der Waals surface area contributed by atoms with Gasteiger partial charge in [-0.1, -0.05) is 18.2 Å². The number of rotatable bonds is 6. The summed E-state index contributed by atoms with van der Waals surface area (Å²) in [5.74, 6) is -2.34. The fourth-order valence-corrected chi connectivity index (χ4v) is 3.01. The molecule has 2 aromatic heterocycles. The number of pyridine rings is 1. The normalized spacial score (nSPS) is 12.3. The van der Waals surface area contributed by atoms with E-state index >= 15 is 0 Å². The average molecular weight is 516 g/mol. The number of aliphatic carboxylic acids is 1. The van der Waals surface area contributed by atoms with Gasteiger partial charge in [-0.2, -0.15) is 26.3 Å². The molecule has 7 nitrogen and oxygen atoms in total. The Bertz CT molecular complexity index is 1160. The van der Waals surface area contributed by atoms with Gasteiger partial charge in [-0.15, -0.1) is 0 Å². The van der Waals surface area contributed by atoms with Gasteiger partial charge < -0.3 is 15.4 Å². The quantitative estimate of drug-likeness (QED) is 0.404. The lowest BCUT2D eigenvalue weighted by Gasteiger charge is -2.20. The minimum atomic E-state index is -5.08. The predicted octanol–water partition coefficient (Wildman–Crippen LogP) is 4.91. The Morgan fingerprint density at radius 1 is 1.06 bits per heavy atom. The van der Waals surface area contributed by atoms with Crippen molar-refractivity contribution < 1.29 is 41.0 Å². The highest BCUT2D eigenvalue weighted by Gasteiger charge is 2.38. The summed E-state index contributed by atoms with van der Waals surface area (Å²) in [6.45, 7) is 3.78. The van der Waals surface area contributed by atoms with E-state index in [4.69, 9.17) is 9.90 Å². The minimum absolute atomic E-state index is 0.155. The highest BCUT2D eigenvalue weighted by Crippen LogP contribution is 2.32. The van der Waals surface area contributed by atoms with Gasteiger partial charge in [-0.25, -0.2) is 9.78 Å². The fourth-order valence-electron chi connectivity index (χ4n) is 3.01. The second-order valence-corrected chi connectivity index (χ2v) is 7.61. The second kappa shape index (κ2) is 11.7. The molecule has 0 aliphatic carbocycles. The predicted molar refractivity (Wildman–Crippen MR) is 116 cm³/mol. The highest BCUT2D eigenvalue weighted by molar-refractivity contribution is 5.77. The number of carboxylic acids is 1. The van der Waals surface area contributed by atoms with E-state index < -0.39 is 29.9 Å². The molecule has 0 fully saturated rings. The Labute approximate surface area is 201 Å². The molecule has 194 valence electrons. The first-order valence-electron chi connectivity index (χ1n) is 10.4. The number of hydrogen-bond acceptors (Lipinski definition) is 4. The minimum Gasteiger partial charge on any atom is -0.475 e. The van der Waals surface area contributed by atoms with Crippen LogP contribution in [-0.2, 0) is 22.2 Å². The summed E-state index contributed by atoms with van der Waals surface area (Å²) < 4.78 is 71.1. The second-order valence-electron chi connectivity index (χ2n) is 7.61. The van der Waals surface area contributed by atoms with Crippen LogP contribution in [0.3, 0.4) is 0 Å². The summed E-state index contributed by atoms with van der Waals surface area (Å²) in [4.78, 5) is 32.9. The zero-order chi connectivity index (χ0) is 27.1. The van der Waals surface area contributed by atoms with E-state index in [-0.39, 0.29) is 12.3 Å². The summed E-state index contributed by atoms with van der Waals surface area (Å²) in [5, 5.41) is 9.96. The van der Waals surface area contributed by atoms with Crippen LogP contribution in [0, 0.1) is 13.8 Å². The molecule has 0 radical (unpaired) electrons. The van der Waals surface area contributed by atoms with Gasteiger partial charge in [-0.05, 0) is 43.2 Å². The number of carboxylic acid groups (broad SMARTS) is 1. The molecule has 36 heavy (non-hydrogen) atoms. The Morgan fingerprint density at radius 3 is 2.19 bits per heavy atom. The van der Waals surface area contributed by atoms with Crippen molar-refractivity contribution in [1.29, 1.82) is 0 Å². The van der Waals surface area contributed by atoms with E-state index in [1.54, 1.807) is 24.4 Å². The lowest BCUT2D eigenvalue weighted by Crippen LogP contribution is -2.30. The summed E-state index contributed by atoms with van der Waals surface area (Å²) in [6, 6.07) is 7.62. The number of aromatic amines is 1. The van der Waals surface area contributed by atoms with Crippen LogP contribution in [0.1, 0.15) is 46.4 Å². The maximum absolute atomic E-state index is 13.1. The van der Waals surface area contributed by atoms with E-state index in [1.807, 2.05) is 13.8 Å². The topological polar surface area (TPSA) is 108 Å². The first kappa shape index (κ1) is 28.3. The first-order valence-corrected chi connectivity index (χ1v) is 10.4. The molecular formula is C23H22F6N4O3. The van der Waals surface area contributed by atoms with Crippen molar-refractivity contribution in [2.24, 2.45) is 0 Å². The maximum Gasteiger partial charge on any atom is 0.490 e. The van der Waals surface area contributed by atoms with Crippen LogP contribution in [0.15, 0.2) is 48.8 Å². The standard InChI is InChI=1S/C21H21F3N4O.C2HF3O2/c1-13-14(2)27-18(26-13)8-9-19(29)28-20(16-6-4-10-25-12-16)15-5-3-7-17(11-15)21(22,23)24;3-2(4,5)1(6)7/h3-7,10-12,20H,8-9H2,1-2H3,(H,26,27)(H,28,29);(H,6,7). The molecule has 1 unspecified atom stereocenters. The molecule has 3 rings (SSSR count). The number of alkyl halides is 6. The summed E-state index contributed by atoms with van der Waals surface area (Å²) >= 11 is 0. The molecule has 0 spiro atoms. The van der Waals surface area contributed by atoms with Crippen LogP contribution in [0.25, 0.3) is 0 Å². The monoisotopic (exact) mass is 516 g/mol. The Balaban J connectivity index is 0.000000572. The van der Waals surface area contributed by atoms with Crippen molar-refractivity contribution in [1.82, 2.24) is 20.3 Å². The molecule has 2 heterocycles. The number of H-pyrrole nitrogens is 1. The summed E-state index contributed by atoms with van der Waals surface area (Å²) in [5.41, 5.74) is 1.99. The van der Waals surface area contributed by atoms with Gasteiger partial charge in [-0.3, -0.25) is 9.78 Å². The molecule has 13 heteroatoms. The molecular weight excluding hydrogens is 494 g/mol. The molecule has 0 saturated carbocycles. The number of carbonyl (C=O) groups excluding carboxylic acids is 1. The lowest BCUT2D eigenvalue weighted by molar-refractivity contribution is -0.192. The molecule has 3 N–H and O–H groups in total. The number of aryl methyl sites for hydroxylation is 3. The largest absolute Gasteiger partial charge is 0.490 e. The molecule has 1 atom stereocenters. The number of nitrogens with one attached hydrogen (secondary N) is 2. The Kier molecular flexibility index (Phi) is 9.20. The van der Waals surface area contributed by atoms with Gasteiger partial charge in [0.1, 0.15) is 5.82 Å². The SMILES string of the molecule is Cc1nc(CCC(=O)NC(c2cccnc2)c2cccc(C(F)(F)F)c2)[nH]c1C.O=C(O)C(F)(F)F. The average Bonchev–Trinajstić information content (AvgIpc) is 3.13. The zero-order valence-electron chi connectivity index (χ0n) is 19.0. The van der Waals surface area contributed by atoms with E-state index in [1.165, 1.54) is 12.3 Å². The molecule has 0 bridgehead atoms. The molecule has 1 amide bonds. The van der Waals surface area contributed by atoms with Gasteiger partial charge in [0, 0.05) is 30.9 Å². The summed E-state index contributed by atoms with van der Waals surface area (Å²) in [7, 11) is 0. The molecule has 1 aromatic carbocycles. The number of carbonyl (C=O) groups is 2. The van der Waals surface area contributed by atoms with Crippen LogP contribution in [0.2, 0.25) is 0 Å². The van der Waals surface area contributed by atoms with Crippen molar-refractivity contribution >= 4 is 11.9 Å². The Morgan fingerprint density at radius 2 is 1.69 bits per heavy atom. The van der Waals surface area contributed by atoms with E-state index in [0.29, 0.717) is 23.4 Å². The van der Waals surface area contributed by atoms with E-state index in [9.17, 15) is 31.1 Å². The number of benzene rings is 1. The molecule has 0 saturated heterocycles. The van der Waals surface area contributed by atoms with Crippen molar-refractivity contribution in [3.05, 3.63) is 82.7 Å².